The normalized spacial score (nSPS) is 11.0. The minimum absolute atomic E-state index is 0.107. The van der Waals surface area contributed by atoms with E-state index < -0.39 is 5.76 Å². The Labute approximate surface area is 88.7 Å². The number of nitrogens with zero attached hydrogens (tertiary/aromatic N) is 1. The van der Waals surface area contributed by atoms with E-state index in [9.17, 15) is 4.79 Å². The number of hydrogen-bond donors (Lipinski definition) is 2. The van der Waals surface area contributed by atoms with Crippen LogP contribution in [-0.2, 0) is 0 Å². The molecule has 0 amide bonds. The molecular formula is C10H7N3O3. The highest BCUT2D eigenvalue weighted by Gasteiger charge is 2.07. The molecule has 0 bridgehead atoms. The van der Waals surface area contributed by atoms with E-state index >= 15 is 0 Å². The van der Waals surface area contributed by atoms with Crippen LogP contribution in [0, 0.1) is 0 Å². The molecule has 0 saturated carbocycles. The Morgan fingerprint density at radius 1 is 1.31 bits per heavy atom. The van der Waals surface area contributed by atoms with Crippen LogP contribution < -0.4 is 11.5 Å². The van der Waals surface area contributed by atoms with Gasteiger partial charge in [-0.3, -0.25) is 4.98 Å². The molecule has 0 aliphatic rings. The molecule has 0 unspecified atom stereocenters. The second-order valence-electron chi connectivity index (χ2n) is 3.29. The number of benzene rings is 1. The van der Waals surface area contributed by atoms with Crippen molar-refractivity contribution in [2.75, 3.05) is 5.73 Å². The van der Waals surface area contributed by atoms with Gasteiger partial charge in [-0.2, -0.15) is 0 Å². The largest absolute Gasteiger partial charge is 0.424 e. The summed E-state index contributed by atoms with van der Waals surface area (Å²) in [6, 6.07) is 5.29. The first-order valence-electron chi connectivity index (χ1n) is 4.57. The van der Waals surface area contributed by atoms with Gasteiger partial charge < -0.3 is 14.6 Å². The van der Waals surface area contributed by atoms with Crippen LogP contribution in [0.5, 0.6) is 0 Å². The third-order valence-electron chi connectivity index (χ3n) is 2.23. The van der Waals surface area contributed by atoms with Gasteiger partial charge >= 0.3 is 5.76 Å². The van der Waals surface area contributed by atoms with E-state index in [-0.39, 0.29) is 6.01 Å². The zero-order valence-electron chi connectivity index (χ0n) is 8.06. The van der Waals surface area contributed by atoms with Crippen LogP contribution in [-0.4, -0.2) is 9.97 Å². The van der Waals surface area contributed by atoms with Gasteiger partial charge in [0.2, 0.25) is 0 Å². The molecule has 2 aromatic heterocycles. The molecule has 0 atom stereocenters. The van der Waals surface area contributed by atoms with Gasteiger partial charge in [-0.1, -0.05) is 0 Å². The van der Waals surface area contributed by atoms with E-state index in [0.717, 1.165) is 5.56 Å². The fourth-order valence-corrected chi connectivity index (χ4v) is 1.53. The summed E-state index contributed by atoms with van der Waals surface area (Å²) in [4.78, 5) is 17.3. The summed E-state index contributed by atoms with van der Waals surface area (Å²) in [5.74, 6) is 0.0608. The highest BCUT2D eigenvalue weighted by atomic mass is 16.4. The number of hydrogen-bond acceptors (Lipinski definition) is 5. The summed E-state index contributed by atoms with van der Waals surface area (Å²) >= 11 is 0. The Balaban J connectivity index is 2.21. The summed E-state index contributed by atoms with van der Waals surface area (Å²) in [5.41, 5.74) is 7.26. The van der Waals surface area contributed by atoms with Crippen LogP contribution >= 0.6 is 0 Å². The zero-order valence-corrected chi connectivity index (χ0v) is 8.06. The van der Waals surface area contributed by atoms with Gasteiger partial charge in [0.05, 0.1) is 11.7 Å². The highest BCUT2D eigenvalue weighted by molar-refractivity contribution is 5.78. The van der Waals surface area contributed by atoms with Crippen LogP contribution in [0.1, 0.15) is 0 Å². The summed E-state index contributed by atoms with van der Waals surface area (Å²) in [6.07, 6.45) is 1.52. The predicted octanol–water partition coefficient (Wildman–Crippen LogP) is 1.36. The number of oxazole rings is 2. The third kappa shape index (κ3) is 1.28. The van der Waals surface area contributed by atoms with Crippen molar-refractivity contribution in [3.05, 3.63) is 34.9 Å². The number of aromatic nitrogens is 2. The van der Waals surface area contributed by atoms with Crippen LogP contribution in [0.15, 0.2) is 38.0 Å². The topological polar surface area (TPSA) is 98.0 Å². The third-order valence-corrected chi connectivity index (χ3v) is 2.23. The first-order valence-corrected chi connectivity index (χ1v) is 4.57. The minimum Gasteiger partial charge on any atom is -0.424 e. The molecule has 0 saturated heterocycles. The lowest BCUT2D eigenvalue weighted by atomic mass is 10.2. The number of anilines is 1. The van der Waals surface area contributed by atoms with E-state index in [4.69, 9.17) is 14.6 Å². The van der Waals surface area contributed by atoms with Gasteiger partial charge in [0.1, 0.15) is 0 Å². The number of nitrogen functional groups attached to an aromatic ring is 1. The van der Waals surface area contributed by atoms with E-state index in [2.05, 4.69) is 9.97 Å². The predicted molar refractivity (Wildman–Crippen MR) is 56.7 cm³/mol. The molecule has 6 heteroatoms. The highest BCUT2D eigenvalue weighted by Crippen LogP contribution is 2.24. The minimum atomic E-state index is -0.482. The van der Waals surface area contributed by atoms with Gasteiger partial charge in [-0.05, 0) is 18.2 Å². The maximum absolute atomic E-state index is 11.0. The Hall–Kier alpha value is -2.50. The van der Waals surface area contributed by atoms with Crippen molar-refractivity contribution in [2.45, 2.75) is 0 Å². The fraction of sp³-hybridized carbons (Fsp3) is 0. The summed E-state index contributed by atoms with van der Waals surface area (Å²) < 4.78 is 10.1. The quantitative estimate of drug-likeness (QED) is 0.641. The number of fused-ring (bicyclic) bond motifs is 1. The molecule has 0 spiro atoms. The van der Waals surface area contributed by atoms with Crippen molar-refractivity contribution >= 4 is 17.1 Å². The summed E-state index contributed by atoms with van der Waals surface area (Å²) in [6.45, 7) is 0. The van der Waals surface area contributed by atoms with Crippen molar-refractivity contribution in [1.82, 2.24) is 9.97 Å². The van der Waals surface area contributed by atoms with Crippen molar-refractivity contribution in [3.8, 4) is 11.3 Å². The summed E-state index contributed by atoms with van der Waals surface area (Å²) in [7, 11) is 0. The lowest BCUT2D eigenvalue weighted by Crippen LogP contribution is -1.92. The van der Waals surface area contributed by atoms with Gasteiger partial charge in [-0.25, -0.2) is 9.78 Å². The lowest BCUT2D eigenvalue weighted by Gasteiger charge is -1.94. The van der Waals surface area contributed by atoms with Crippen molar-refractivity contribution in [3.63, 3.8) is 0 Å². The van der Waals surface area contributed by atoms with Crippen molar-refractivity contribution < 1.29 is 8.83 Å². The van der Waals surface area contributed by atoms with E-state index in [1.165, 1.54) is 6.20 Å². The van der Waals surface area contributed by atoms with Crippen molar-refractivity contribution in [1.29, 1.82) is 0 Å². The smallest absolute Gasteiger partial charge is 0.417 e. The van der Waals surface area contributed by atoms with E-state index in [0.29, 0.717) is 16.9 Å². The van der Waals surface area contributed by atoms with Crippen LogP contribution in [0.2, 0.25) is 0 Å². The SMILES string of the molecule is Nc1ncc(-c2ccc3oc(=O)[nH]c3c2)o1. The number of aromatic amines is 1. The maximum Gasteiger partial charge on any atom is 0.417 e. The number of rotatable bonds is 1. The van der Waals surface area contributed by atoms with E-state index in [1.54, 1.807) is 18.2 Å². The fourth-order valence-electron chi connectivity index (χ4n) is 1.53. The molecule has 6 nitrogen and oxygen atoms in total. The average Bonchev–Trinajstić information content (AvgIpc) is 2.81. The number of H-pyrrole nitrogens is 1. The van der Waals surface area contributed by atoms with Gasteiger partial charge in [0.25, 0.3) is 6.01 Å². The lowest BCUT2D eigenvalue weighted by molar-refractivity contribution is 0.555. The molecule has 3 N–H and O–H groups in total. The first-order chi connectivity index (χ1) is 7.72. The number of nitrogens with one attached hydrogen (secondary N) is 1. The molecule has 80 valence electrons. The molecular weight excluding hydrogens is 210 g/mol. The molecule has 0 fully saturated rings. The molecule has 0 radical (unpaired) electrons. The molecule has 3 rings (SSSR count). The van der Waals surface area contributed by atoms with Gasteiger partial charge in [0.15, 0.2) is 11.3 Å². The molecule has 3 aromatic rings. The Morgan fingerprint density at radius 3 is 2.94 bits per heavy atom. The standard InChI is InChI=1S/C10H7N3O3/c11-9-12-4-8(15-9)5-1-2-7-6(3-5)13-10(14)16-7/h1-4H,(H2,11,12)(H,13,14). The monoisotopic (exact) mass is 217 g/mol. The van der Waals surface area contributed by atoms with Crippen LogP contribution in [0.3, 0.4) is 0 Å². The maximum atomic E-state index is 11.0. The molecule has 16 heavy (non-hydrogen) atoms. The van der Waals surface area contributed by atoms with Crippen LogP contribution in [0.4, 0.5) is 6.01 Å². The van der Waals surface area contributed by atoms with Crippen LogP contribution in [0.25, 0.3) is 22.4 Å². The Bertz CT molecular complexity index is 707. The average molecular weight is 217 g/mol. The Kier molecular flexibility index (Phi) is 1.64. The molecule has 0 aliphatic heterocycles. The summed E-state index contributed by atoms with van der Waals surface area (Å²) in [5, 5.41) is 0. The molecule has 0 aliphatic carbocycles. The second kappa shape index (κ2) is 2.99. The van der Waals surface area contributed by atoms with Crippen molar-refractivity contribution in [2.24, 2.45) is 0 Å². The first kappa shape index (κ1) is 8.78. The van der Waals surface area contributed by atoms with E-state index in [1.807, 2.05) is 0 Å². The van der Waals surface area contributed by atoms with Gasteiger partial charge in [0, 0.05) is 5.56 Å². The number of nitrogens with two attached hydrogens (primary N) is 1. The Morgan fingerprint density at radius 2 is 2.19 bits per heavy atom. The van der Waals surface area contributed by atoms with Gasteiger partial charge in [-0.15, -0.1) is 0 Å². The second-order valence-corrected chi connectivity index (χ2v) is 3.29. The molecule has 2 heterocycles. The molecule has 1 aromatic carbocycles. The zero-order chi connectivity index (χ0) is 11.1.